The van der Waals surface area contributed by atoms with Crippen LogP contribution < -0.4 is 0 Å². The van der Waals surface area contributed by atoms with E-state index in [0.29, 0.717) is 0 Å². The predicted molar refractivity (Wildman–Crippen MR) is 45.1 cm³/mol. The number of alkyl halides is 10. The number of hydrogen-bond acceptors (Lipinski definition) is 1. The Hall–Kier alpha value is -0.600. The summed E-state index contributed by atoms with van der Waals surface area (Å²) in [4.78, 5) is 0. The molecule has 1 aliphatic carbocycles. The topological polar surface area (TPSA) is 17.1 Å². The fourth-order valence-corrected chi connectivity index (χ4v) is 2.72. The maximum atomic E-state index is 13.3. The second-order valence-corrected chi connectivity index (χ2v) is 5.16. The molecule has 0 heterocycles. The first-order chi connectivity index (χ1) is 8.67. The Balaban J connectivity index is 3.58. The number of rotatable bonds is 4. The molecule has 0 amide bonds. The molecule has 0 atom stereocenters. The number of hydrogen-bond donors (Lipinski definition) is 0. The highest BCUT2D eigenvalue weighted by Crippen LogP contribution is 2.68. The Kier molecular flexibility index (Phi) is 3.88. The van der Waals surface area contributed by atoms with Gasteiger partial charge in [0.2, 0.25) is 0 Å². The van der Waals surface area contributed by atoms with Crippen molar-refractivity contribution in [1.82, 2.24) is 0 Å². The molecule has 1 rings (SSSR count). The fourth-order valence-electron chi connectivity index (χ4n) is 1.83. The van der Waals surface area contributed by atoms with Crippen molar-refractivity contribution in [2.75, 3.05) is 0 Å². The zero-order valence-electron chi connectivity index (χ0n) is 9.13. The highest BCUT2D eigenvalue weighted by Gasteiger charge is 2.88. The van der Waals surface area contributed by atoms with Gasteiger partial charge in [-0.05, 0) is 18.8 Å². The first kappa shape index (κ1) is 17.5. The van der Waals surface area contributed by atoms with Gasteiger partial charge in [0.1, 0.15) is 0 Å². The van der Waals surface area contributed by atoms with Gasteiger partial charge >= 0.3 is 24.2 Å². The van der Waals surface area contributed by atoms with Crippen molar-refractivity contribution in [3.8, 4) is 0 Å². The van der Waals surface area contributed by atoms with Crippen LogP contribution in [-0.2, 0) is 4.57 Å². The molecule has 0 bridgehead atoms. The lowest BCUT2D eigenvalue weighted by Gasteiger charge is -2.41. The van der Waals surface area contributed by atoms with Crippen LogP contribution in [0.2, 0.25) is 0 Å². The monoisotopic (exact) mass is 338 g/mol. The van der Waals surface area contributed by atoms with Gasteiger partial charge in [-0.1, -0.05) is 0 Å². The van der Waals surface area contributed by atoms with E-state index < -0.39 is 56.6 Å². The molecular weight excluding hydrogens is 333 g/mol. The van der Waals surface area contributed by atoms with Crippen molar-refractivity contribution in [3.63, 3.8) is 0 Å². The van der Waals surface area contributed by atoms with Gasteiger partial charge in [0.15, 0.2) is 13.6 Å². The van der Waals surface area contributed by atoms with E-state index in [-0.39, 0.29) is 0 Å². The summed E-state index contributed by atoms with van der Waals surface area (Å²) in [5.41, 5.74) is 0. The third-order valence-corrected chi connectivity index (χ3v) is 4.20. The highest BCUT2D eigenvalue weighted by molar-refractivity contribution is 7.26. The van der Waals surface area contributed by atoms with Crippen molar-refractivity contribution in [1.29, 1.82) is 0 Å². The van der Waals surface area contributed by atoms with Crippen molar-refractivity contribution < 1.29 is 48.5 Å². The van der Waals surface area contributed by atoms with Crippen molar-refractivity contribution in [2.24, 2.45) is 5.92 Å². The zero-order chi connectivity index (χ0) is 16.2. The third-order valence-electron chi connectivity index (χ3n) is 2.98. The van der Waals surface area contributed by atoms with Gasteiger partial charge in [-0.25, -0.2) is 0 Å². The standard InChI is InChI=1S/C8H5F10OP/c9-5(10,7(13,14)15)4(20-19,3-1-2-3)6(11,12)8(16,17)18/h3H,1-2H2. The van der Waals surface area contributed by atoms with Gasteiger partial charge in [-0.2, -0.15) is 43.9 Å². The van der Waals surface area contributed by atoms with Crippen LogP contribution in [0, 0.1) is 5.92 Å². The molecule has 12 heteroatoms. The Bertz CT molecular complexity index is 367. The molecule has 0 spiro atoms. The minimum atomic E-state index is -6.69. The van der Waals surface area contributed by atoms with E-state index in [1.165, 1.54) is 0 Å². The van der Waals surface area contributed by atoms with Crippen molar-refractivity contribution >= 4 is 8.46 Å². The minimum Gasteiger partial charge on any atom is -0.274 e. The Morgan fingerprint density at radius 3 is 1.15 bits per heavy atom. The average molecular weight is 338 g/mol. The summed E-state index contributed by atoms with van der Waals surface area (Å²) in [5.74, 6) is -15.3. The summed E-state index contributed by atoms with van der Waals surface area (Å²) >= 11 is 0. The smallest absolute Gasteiger partial charge is 0.274 e. The van der Waals surface area contributed by atoms with Crippen LogP contribution in [0.25, 0.3) is 0 Å². The summed E-state index contributed by atoms with van der Waals surface area (Å²) in [6.45, 7) is 0. The van der Waals surface area contributed by atoms with Gasteiger partial charge in [0, 0.05) is 0 Å². The van der Waals surface area contributed by atoms with E-state index >= 15 is 0 Å². The van der Waals surface area contributed by atoms with Crippen LogP contribution in [0.3, 0.4) is 0 Å². The second-order valence-electron chi connectivity index (χ2n) is 4.28. The van der Waals surface area contributed by atoms with E-state index in [2.05, 4.69) is 0 Å². The molecule has 0 aromatic rings. The van der Waals surface area contributed by atoms with Gasteiger partial charge in [0.25, 0.3) is 0 Å². The van der Waals surface area contributed by atoms with Crippen LogP contribution >= 0.6 is 8.46 Å². The largest absolute Gasteiger partial charge is 0.455 e. The fraction of sp³-hybridized carbons (Fsp3) is 1.00. The predicted octanol–water partition coefficient (Wildman–Crippen LogP) is 4.82. The summed E-state index contributed by atoms with van der Waals surface area (Å²) in [6, 6.07) is 0. The maximum Gasteiger partial charge on any atom is 0.455 e. The lowest BCUT2D eigenvalue weighted by Crippen LogP contribution is -2.68. The summed E-state index contributed by atoms with van der Waals surface area (Å²) in [7, 11) is -2.61. The van der Waals surface area contributed by atoms with E-state index in [1.807, 2.05) is 0 Å². The lowest BCUT2D eigenvalue weighted by molar-refractivity contribution is -0.364. The molecule has 1 aliphatic rings. The van der Waals surface area contributed by atoms with Crippen LogP contribution in [-0.4, -0.2) is 29.4 Å². The van der Waals surface area contributed by atoms with Crippen LogP contribution in [0.5, 0.6) is 0 Å². The van der Waals surface area contributed by atoms with Crippen LogP contribution in [0.4, 0.5) is 43.9 Å². The van der Waals surface area contributed by atoms with Gasteiger partial charge in [0.05, 0.1) is 0 Å². The molecule has 0 aromatic carbocycles. The lowest BCUT2D eigenvalue weighted by atomic mass is 9.86. The highest BCUT2D eigenvalue weighted by atomic mass is 31.1. The van der Waals surface area contributed by atoms with Crippen molar-refractivity contribution in [2.45, 2.75) is 42.2 Å². The minimum absolute atomic E-state index is 0.730. The molecule has 0 aromatic heterocycles. The zero-order valence-corrected chi connectivity index (χ0v) is 10.0. The molecular formula is C8H5F10OP. The summed E-state index contributed by atoms with van der Waals surface area (Å²) < 4.78 is 137. The first-order valence-electron chi connectivity index (χ1n) is 4.90. The Labute approximate surface area is 106 Å². The van der Waals surface area contributed by atoms with E-state index in [0.717, 1.165) is 0 Å². The average Bonchev–Trinajstić information content (AvgIpc) is 2.99. The molecule has 0 aliphatic heterocycles. The van der Waals surface area contributed by atoms with Crippen molar-refractivity contribution in [3.05, 3.63) is 0 Å². The van der Waals surface area contributed by atoms with E-state index in [1.54, 1.807) is 0 Å². The normalized spacial score (nSPS) is 19.5. The Morgan fingerprint density at radius 1 is 0.700 bits per heavy atom. The Morgan fingerprint density at radius 2 is 1.00 bits per heavy atom. The van der Waals surface area contributed by atoms with E-state index in [9.17, 15) is 48.5 Å². The molecule has 0 N–H and O–H groups in total. The first-order valence-corrected chi connectivity index (χ1v) is 5.71. The molecule has 0 saturated heterocycles. The summed E-state index contributed by atoms with van der Waals surface area (Å²) in [5, 5.41) is -5.09. The van der Waals surface area contributed by atoms with E-state index in [4.69, 9.17) is 0 Å². The third kappa shape index (κ3) is 2.08. The molecule has 118 valence electrons. The van der Waals surface area contributed by atoms with Gasteiger partial charge < -0.3 is 0 Å². The molecule has 0 radical (unpaired) electrons. The SMILES string of the molecule is O=PC(C1CC1)(C(F)(F)C(F)(F)F)C(F)(F)C(F)(F)F. The van der Waals surface area contributed by atoms with Crippen LogP contribution in [0.15, 0.2) is 0 Å². The molecule has 1 saturated carbocycles. The molecule has 0 unspecified atom stereocenters. The summed E-state index contributed by atoms with van der Waals surface area (Å²) in [6.07, 6.45) is -14.8. The van der Waals surface area contributed by atoms with Gasteiger partial charge in [-0.15, -0.1) is 0 Å². The van der Waals surface area contributed by atoms with Gasteiger partial charge in [-0.3, -0.25) is 4.57 Å². The molecule has 1 fully saturated rings. The molecule has 20 heavy (non-hydrogen) atoms. The number of halogens is 10. The maximum absolute atomic E-state index is 13.3. The quantitative estimate of drug-likeness (QED) is 0.530. The molecule has 1 nitrogen and oxygen atoms in total. The second kappa shape index (κ2) is 4.45. The van der Waals surface area contributed by atoms with Crippen LogP contribution in [0.1, 0.15) is 12.8 Å².